The molecule has 1 aromatic heterocycles. The molecule has 0 amide bonds. The number of carboxylic acid groups (broad SMARTS) is 1. The molecule has 0 spiro atoms. The minimum atomic E-state index is -0.833. The predicted octanol–water partition coefficient (Wildman–Crippen LogP) is 2.66. The van der Waals surface area contributed by atoms with Gasteiger partial charge in [0.2, 0.25) is 0 Å². The first-order valence-corrected chi connectivity index (χ1v) is 5.42. The van der Waals surface area contributed by atoms with Gasteiger partial charge in [-0.1, -0.05) is 0 Å². The fourth-order valence-electron chi connectivity index (χ4n) is 0.504. The third-order valence-electron chi connectivity index (χ3n) is 0.915. The number of halogens is 1. The monoisotopic (exact) mass is 263 g/mol. The van der Waals surface area contributed by atoms with E-state index in [1.54, 1.807) is 18.0 Å². The Labute approximate surface area is 89.7 Å². The lowest BCUT2D eigenvalue weighted by Gasteiger charge is -1.92. The Hall–Kier alpha value is -0.550. The van der Waals surface area contributed by atoms with Crippen LogP contribution in [0.1, 0.15) is 6.92 Å². The zero-order chi connectivity index (χ0) is 10.3. The average molecular weight is 264 g/mol. The Kier molecular flexibility index (Phi) is 6.62. The summed E-state index contributed by atoms with van der Waals surface area (Å²) in [7, 11) is 0. The van der Waals surface area contributed by atoms with E-state index in [0.29, 0.717) is 0 Å². The molecule has 1 aromatic rings. The smallest absolute Gasteiger partial charge is 0.300 e. The van der Waals surface area contributed by atoms with Crippen molar-refractivity contribution in [3.05, 3.63) is 22.9 Å². The van der Waals surface area contributed by atoms with Gasteiger partial charge in [-0.3, -0.25) is 9.78 Å². The van der Waals surface area contributed by atoms with E-state index in [0.717, 1.165) is 11.4 Å². The van der Waals surface area contributed by atoms with Crippen molar-refractivity contribution in [2.45, 2.75) is 11.8 Å². The van der Waals surface area contributed by atoms with Crippen molar-refractivity contribution in [2.75, 3.05) is 6.26 Å². The fourth-order valence-corrected chi connectivity index (χ4v) is 1.43. The second-order valence-corrected chi connectivity index (χ2v) is 3.86. The molecule has 0 radical (unpaired) electrons. The van der Waals surface area contributed by atoms with Crippen LogP contribution in [-0.4, -0.2) is 22.3 Å². The molecular weight excluding hydrogens is 254 g/mol. The largest absolute Gasteiger partial charge is 0.481 e. The molecule has 0 unspecified atom stereocenters. The van der Waals surface area contributed by atoms with Crippen LogP contribution in [0.15, 0.2) is 27.8 Å². The number of hydrogen-bond donors (Lipinski definition) is 1. The van der Waals surface area contributed by atoms with Crippen LogP contribution in [0.25, 0.3) is 0 Å². The van der Waals surface area contributed by atoms with E-state index < -0.39 is 5.97 Å². The minimum Gasteiger partial charge on any atom is -0.481 e. The maximum atomic E-state index is 9.00. The standard InChI is InChI=1S/C6H6BrNS.C2H4O2/c1-9-6-2-5(7)3-8-4-6;1-2(3)4/h2-4H,1H3;1H3,(H,3,4). The lowest BCUT2D eigenvalue weighted by Crippen LogP contribution is -1.78. The van der Waals surface area contributed by atoms with Gasteiger partial charge in [-0.15, -0.1) is 11.8 Å². The lowest BCUT2D eigenvalue weighted by molar-refractivity contribution is -0.134. The number of thioether (sulfide) groups is 1. The second kappa shape index (κ2) is 6.91. The van der Waals surface area contributed by atoms with Gasteiger partial charge in [-0.05, 0) is 28.3 Å². The van der Waals surface area contributed by atoms with Crippen LogP contribution in [0.5, 0.6) is 0 Å². The van der Waals surface area contributed by atoms with Crippen molar-refractivity contribution in [1.29, 1.82) is 0 Å². The quantitative estimate of drug-likeness (QED) is 0.792. The molecule has 72 valence electrons. The topological polar surface area (TPSA) is 50.2 Å². The summed E-state index contributed by atoms with van der Waals surface area (Å²) in [6.07, 6.45) is 5.65. The van der Waals surface area contributed by atoms with E-state index in [2.05, 4.69) is 20.9 Å². The number of carboxylic acids is 1. The molecule has 0 fully saturated rings. The number of rotatable bonds is 1. The van der Waals surface area contributed by atoms with Gasteiger partial charge in [-0.25, -0.2) is 0 Å². The normalized spacial score (nSPS) is 8.54. The Morgan fingerprint density at radius 3 is 2.46 bits per heavy atom. The van der Waals surface area contributed by atoms with E-state index in [-0.39, 0.29) is 0 Å². The summed E-state index contributed by atoms with van der Waals surface area (Å²) >= 11 is 5.02. The van der Waals surface area contributed by atoms with E-state index in [4.69, 9.17) is 9.90 Å². The number of nitrogens with zero attached hydrogens (tertiary/aromatic N) is 1. The Morgan fingerprint density at radius 2 is 2.15 bits per heavy atom. The van der Waals surface area contributed by atoms with Crippen LogP contribution in [0.3, 0.4) is 0 Å². The molecule has 0 saturated carbocycles. The highest BCUT2D eigenvalue weighted by molar-refractivity contribution is 9.10. The molecule has 0 aliphatic rings. The Morgan fingerprint density at radius 1 is 1.62 bits per heavy atom. The van der Waals surface area contributed by atoms with E-state index in [1.165, 1.54) is 4.90 Å². The molecule has 0 aliphatic heterocycles. The van der Waals surface area contributed by atoms with Gasteiger partial charge in [0.25, 0.3) is 5.97 Å². The molecule has 0 bridgehead atoms. The lowest BCUT2D eigenvalue weighted by atomic mass is 10.5. The Balaban J connectivity index is 0.000000310. The van der Waals surface area contributed by atoms with Gasteiger partial charge in [0, 0.05) is 28.7 Å². The van der Waals surface area contributed by atoms with Crippen LogP contribution in [0, 0.1) is 0 Å². The van der Waals surface area contributed by atoms with Crippen LogP contribution >= 0.6 is 27.7 Å². The summed E-state index contributed by atoms with van der Waals surface area (Å²) in [4.78, 5) is 14.2. The molecule has 1 N–H and O–H groups in total. The number of carbonyl (C=O) groups is 1. The minimum absolute atomic E-state index is 0.833. The third-order valence-corrected chi connectivity index (χ3v) is 2.04. The molecule has 5 heteroatoms. The number of aromatic nitrogens is 1. The van der Waals surface area contributed by atoms with E-state index >= 15 is 0 Å². The van der Waals surface area contributed by atoms with Gasteiger partial charge in [0.05, 0.1) is 0 Å². The van der Waals surface area contributed by atoms with Crippen molar-refractivity contribution in [3.63, 3.8) is 0 Å². The molecule has 0 aromatic carbocycles. The number of pyridine rings is 1. The number of hydrogen-bond acceptors (Lipinski definition) is 3. The molecule has 0 saturated heterocycles. The van der Waals surface area contributed by atoms with Crippen molar-refractivity contribution < 1.29 is 9.90 Å². The first-order chi connectivity index (χ1) is 6.06. The van der Waals surface area contributed by atoms with Crippen molar-refractivity contribution in [3.8, 4) is 0 Å². The van der Waals surface area contributed by atoms with Crippen LogP contribution in [0.4, 0.5) is 0 Å². The first kappa shape index (κ1) is 12.4. The second-order valence-electron chi connectivity index (χ2n) is 2.06. The summed E-state index contributed by atoms with van der Waals surface area (Å²) in [5.41, 5.74) is 0. The molecule has 0 atom stereocenters. The number of aliphatic carboxylic acids is 1. The average Bonchev–Trinajstić information content (AvgIpc) is 2.03. The molecule has 0 aliphatic carbocycles. The van der Waals surface area contributed by atoms with Crippen molar-refractivity contribution >= 4 is 33.7 Å². The van der Waals surface area contributed by atoms with E-state index in [1.807, 2.05) is 18.5 Å². The van der Waals surface area contributed by atoms with Crippen LogP contribution in [-0.2, 0) is 4.79 Å². The zero-order valence-electron chi connectivity index (χ0n) is 7.32. The van der Waals surface area contributed by atoms with Crippen LogP contribution < -0.4 is 0 Å². The first-order valence-electron chi connectivity index (χ1n) is 3.40. The highest BCUT2D eigenvalue weighted by Crippen LogP contribution is 2.17. The maximum absolute atomic E-state index is 9.00. The Bertz CT molecular complexity index is 277. The van der Waals surface area contributed by atoms with Crippen molar-refractivity contribution in [2.24, 2.45) is 0 Å². The van der Waals surface area contributed by atoms with Crippen molar-refractivity contribution in [1.82, 2.24) is 4.98 Å². The maximum Gasteiger partial charge on any atom is 0.300 e. The highest BCUT2D eigenvalue weighted by atomic mass is 79.9. The fraction of sp³-hybridized carbons (Fsp3) is 0.250. The molecule has 3 nitrogen and oxygen atoms in total. The zero-order valence-corrected chi connectivity index (χ0v) is 9.72. The van der Waals surface area contributed by atoms with Gasteiger partial charge >= 0.3 is 0 Å². The third kappa shape index (κ3) is 7.80. The van der Waals surface area contributed by atoms with Crippen LogP contribution in [0.2, 0.25) is 0 Å². The molecule has 13 heavy (non-hydrogen) atoms. The summed E-state index contributed by atoms with van der Waals surface area (Å²) < 4.78 is 1.04. The summed E-state index contributed by atoms with van der Waals surface area (Å²) in [5.74, 6) is -0.833. The predicted molar refractivity (Wildman–Crippen MR) is 57.0 cm³/mol. The molecule has 1 rings (SSSR count). The van der Waals surface area contributed by atoms with Gasteiger partial charge < -0.3 is 5.11 Å². The van der Waals surface area contributed by atoms with Gasteiger partial charge in [-0.2, -0.15) is 0 Å². The van der Waals surface area contributed by atoms with Gasteiger partial charge in [0.15, 0.2) is 0 Å². The summed E-state index contributed by atoms with van der Waals surface area (Å²) in [6, 6.07) is 2.04. The SMILES string of the molecule is CC(=O)O.CSc1cncc(Br)c1. The summed E-state index contributed by atoms with van der Waals surface area (Å²) in [6.45, 7) is 1.08. The molecule has 1 heterocycles. The van der Waals surface area contributed by atoms with Gasteiger partial charge in [0.1, 0.15) is 0 Å². The summed E-state index contributed by atoms with van der Waals surface area (Å²) in [5, 5.41) is 7.42. The molecular formula is C8H10BrNO2S. The highest BCUT2D eigenvalue weighted by Gasteiger charge is 1.89. The van der Waals surface area contributed by atoms with E-state index in [9.17, 15) is 0 Å².